The van der Waals surface area contributed by atoms with Gasteiger partial charge in [0.15, 0.2) is 0 Å². The summed E-state index contributed by atoms with van der Waals surface area (Å²) in [5, 5.41) is 0. The number of amides is 2. The molecule has 1 saturated carbocycles. The Labute approximate surface area is 127 Å². The summed E-state index contributed by atoms with van der Waals surface area (Å²) in [7, 11) is 0. The summed E-state index contributed by atoms with van der Waals surface area (Å²) in [5.74, 6) is 0.840. The minimum atomic E-state index is -0.466. The molecule has 1 saturated heterocycles. The molecule has 0 bridgehead atoms. The minimum Gasteiger partial charge on any atom is -0.444 e. The Bertz CT molecular complexity index is 375. The van der Waals surface area contributed by atoms with E-state index in [0.717, 1.165) is 0 Å². The third-order valence-corrected chi connectivity index (χ3v) is 4.22. The molecule has 0 spiro atoms. The second-order valence-corrected chi connectivity index (χ2v) is 7.20. The highest BCUT2D eigenvalue weighted by Gasteiger charge is 2.28. The molecule has 0 radical (unpaired) electrons. The van der Waals surface area contributed by atoms with E-state index in [1.165, 1.54) is 25.7 Å². The van der Waals surface area contributed by atoms with Gasteiger partial charge in [0.05, 0.1) is 0 Å². The van der Waals surface area contributed by atoms with E-state index in [9.17, 15) is 9.59 Å². The molecule has 5 nitrogen and oxygen atoms in total. The second kappa shape index (κ2) is 6.67. The van der Waals surface area contributed by atoms with Gasteiger partial charge in [0, 0.05) is 32.6 Å². The van der Waals surface area contributed by atoms with Crippen molar-refractivity contribution >= 4 is 12.0 Å². The highest BCUT2D eigenvalue weighted by Crippen LogP contribution is 2.28. The van der Waals surface area contributed by atoms with Crippen LogP contribution in [0.25, 0.3) is 0 Å². The summed E-state index contributed by atoms with van der Waals surface area (Å²) in [6, 6.07) is 0. The van der Waals surface area contributed by atoms with Gasteiger partial charge >= 0.3 is 6.09 Å². The first-order valence-electron chi connectivity index (χ1n) is 8.11. The Morgan fingerprint density at radius 3 is 2.05 bits per heavy atom. The summed E-state index contributed by atoms with van der Waals surface area (Å²) in [6.45, 7) is 8.01. The molecule has 0 aromatic carbocycles. The molecule has 1 aliphatic carbocycles. The Hall–Kier alpha value is -1.26. The molecule has 0 unspecified atom stereocenters. The zero-order valence-electron chi connectivity index (χ0n) is 13.6. The normalized spacial score (nSPS) is 20.7. The van der Waals surface area contributed by atoms with E-state index in [1.807, 2.05) is 25.7 Å². The minimum absolute atomic E-state index is 0.255. The number of carbonyl (C=O) groups excluding carboxylic acids is 2. The number of hydrogen-bond donors (Lipinski definition) is 0. The third-order valence-electron chi connectivity index (χ3n) is 4.22. The van der Waals surface area contributed by atoms with Crippen LogP contribution in [0.3, 0.4) is 0 Å². The zero-order chi connectivity index (χ0) is 15.5. The van der Waals surface area contributed by atoms with Crippen LogP contribution in [0.4, 0.5) is 4.79 Å². The molecule has 5 heteroatoms. The summed E-state index contributed by atoms with van der Waals surface area (Å²) in [6.07, 6.45) is 5.35. The molecule has 2 rings (SSSR count). The van der Waals surface area contributed by atoms with Crippen molar-refractivity contribution < 1.29 is 14.3 Å². The quantitative estimate of drug-likeness (QED) is 0.787. The van der Waals surface area contributed by atoms with Crippen LogP contribution in [0.15, 0.2) is 0 Å². The molecule has 2 aliphatic rings. The van der Waals surface area contributed by atoms with Crippen LogP contribution in [-0.4, -0.2) is 53.6 Å². The van der Waals surface area contributed by atoms with Crippen molar-refractivity contribution in [2.75, 3.05) is 26.2 Å². The van der Waals surface area contributed by atoms with Gasteiger partial charge in [-0.15, -0.1) is 0 Å². The van der Waals surface area contributed by atoms with E-state index in [2.05, 4.69) is 0 Å². The topological polar surface area (TPSA) is 49.9 Å². The van der Waals surface area contributed by atoms with Crippen molar-refractivity contribution in [3.63, 3.8) is 0 Å². The molecule has 1 aliphatic heterocycles. The number of ether oxygens (including phenoxy) is 1. The van der Waals surface area contributed by atoms with Gasteiger partial charge in [0.2, 0.25) is 5.91 Å². The number of piperazine rings is 1. The van der Waals surface area contributed by atoms with Gasteiger partial charge in [-0.05, 0) is 39.5 Å². The molecule has 0 atom stereocenters. The molecule has 2 amide bonds. The van der Waals surface area contributed by atoms with E-state index in [1.54, 1.807) is 4.90 Å². The monoisotopic (exact) mass is 296 g/mol. The van der Waals surface area contributed by atoms with Crippen LogP contribution in [0.5, 0.6) is 0 Å². The van der Waals surface area contributed by atoms with E-state index < -0.39 is 5.60 Å². The molecule has 21 heavy (non-hydrogen) atoms. The van der Waals surface area contributed by atoms with Crippen LogP contribution in [0, 0.1) is 5.92 Å². The van der Waals surface area contributed by atoms with Crippen LogP contribution in [0.1, 0.15) is 52.9 Å². The van der Waals surface area contributed by atoms with Crippen molar-refractivity contribution in [2.45, 2.75) is 58.5 Å². The maximum Gasteiger partial charge on any atom is 0.410 e. The van der Waals surface area contributed by atoms with Crippen LogP contribution in [0.2, 0.25) is 0 Å². The average molecular weight is 296 g/mol. The fourth-order valence-corrected chi connectivity index (χ4v) is 3.06. The fourth-order valence-electron chi connectivity index (χ4n) is 3.06. The molecule has 0 aromatic heterocycles. The molecule has 0 aromatic rings. The number of carbonyl (C=O) groups is 2. The maximum atomic E-state index is 12.3. The predicted octanol–water partition coefficient (Wildman–Crippen LogP) is 2.65. The molecule has 1 heterocycles. The highest BCUT2D eigenvalue weighted by atomic mass is 16.6. The Morgan fingerprint density at radius 1 is 1.00 bits per heavy atom. The standard InChI is InChI=1S/C16H28N2O3/c1-16(2,3)21-15(20)18-10-8-17(9-11-18)14(19)12-13-6-4-5-7-13/h13H,4-12H2,1-3H3. The third kappa shape index (κ3) is 4.90. The molecular weight excluding hydrogens is 268 g/mol. The number of hydrogen-bond acceptors (Lipinski definition) is 3. The Balaban J connectivity index is 1.74. The first-order chi connectivity index (χ1) is 9.85. The summed E-state index contributed by atoms with van der Waals surface area (Å²) >= 11 is 0. The largest absolute Gasteiger partial charge is 0.444 e. The molecule has 2 fully saturated rings. The lowest BCUT2D eigenvalue weighted by molar-refractivity contribution is -0.133. The average Bonchev–Trinajstić information content (AvgIpc) is 2.90. The van der Waals surface area contributed by atoms with Crippen LogP contribution in [-0.2, 0) is 9.53 Å². The van der Waals surface area contributed by atoms with Gasteiger partial charge in [0.1, 0.15) is 5.60 Å². The summed E-state index contributed by atoms with van der Waals surface area (Å²) < 4.78 is 5.36. The van der Waals surface area contributed by atoms with Gasteiger partial charge in [-0.1, -0.05) is 12.8 Å². The molecule has 120 valence electrons. The van der Waals surface area contributed by atoms with Gasteiger partial charge in [0.25, 0.3) is 0 Å². The van der Waals surface area contributed by atoms with Crippen molar-refractivity contribution in [2.24, 2.45) is 5.92 Å². The van der Waals surface area contributed by atoms with Crippen molar-refractivity contribution in [1.29, 1.82) is 0 Å². The van der Waals surface area contributed by atoms with Crippen LogP contribution >= 0.6 is 0 Å². The van der Waals surface area contributed by atoms with Gasteiger partial charge in [-0.3, -0.25) is 4.79 Å². The fraction of sp³-hybridized carbons (Fsp3) is 0.875. The Kier molecular flexibility index (Phi) is 5.12. The first kappa shape index (κ1) is 16.1. The van der Waals surface area contributed by atoms with E-state index in [-0.39, 0.29) is 12.0 Å². The smallest absolute Gasteiger partial charge is 0.410 e. The van der Waals surface area contributed by atoms with Crippen molar-refractivity contribution in [1.82, 2.24) is 9.80 Å². The first-order valence-corrected chi connectivity index (χ1v) is 8.11. The lowest BCUT2D eigenvalue weighted by atomic mass is 10.0. The number of nitrogens with zero attached hydrogens (tertiary/aromatic N) is 2. The van der Waals surface area contributed by atoms with Gasteiger partial charge in [-0.25, -0.2) is 4.79 Å². The van der Waals surface area contributed by atoms with Crippen molar-refractivity contribution in [3.8, 4) is 0 Å². The SMILES string of the molecule is CC(C)(C)OC(=O)N1CCN(C(=O)CC2CCCC2)CC1. The molecular formula is C16H28N2O3. The zero-order valence-corrected chi connectivity index (χ0v) is 13.6. The van der Waals surface area contributed by atoms with Gasteiger partial charge in [-0.2, -0.15) is 0 Å². The van der Waals surface area contributed by atoms with E-state index in [4.69, 9.17) is 4.74 Å². The lowest BCUT2D eigenvalue weighted by Crippen LogP contribution is -2.51. The molecule has 0 N–H and O–H groups in total. The second-order valence-electron chi connectivity index (χ2n) is 7.20. The lowest BCUT2D eigenvalue weighted by Gasteiger charge is -2.36. The van der Waals surface area contributed by atoms with Crippen LogP contribution < -0.4 is 0 Å². The van der Waals surface area contributed by atoms with E-state index in [0.29, 0.717) is 38.5 Å². The van der Waals surface area contributed by atoms with Crippen molar-refractivity contribution in [3.05, 3.63) is 0 Å². The van der Waals surface area contributed by atoms with Gasteiger partial charge < -0.3 is 14.5 Å². The Morgan fingerprint density at radius 2 is 1.52 bits per heavy atom. The predicted molar refractivity (Wildman–Crippen MR) is 81.0 cm³/mol. The van der Waals surface area contributed by atoms with E-state index >= 15 is 0 Å². The maximum absolute atomic E-state index is 12.3. The summed E-state index contributed by atoms with van der Waals surface area (Å²) in [4.78, 5) is 27.8. The summed E-state index contributed by atoms with van der Waals surface area (Å²) in [5.41, 5.74) is -0.466. The highest BCUT2D eigenvalue weighted by molar-refractivity contribution is 5.77. The number of rotatable bonds is 2.